The van der Waals surface area contributed by atoms with Crippen LogP contribution in [0.15, 0.2) is 75.7 Å². The van der Waals surface area contributed by atoms with Gasteiger partial charge in [0, 0.05) is 23.2 Å². The van der Waals surface area contributed by atoms with Crippen molar-refractivity contribution in [3.05, 3.63) is 93.1 Å². The van der Waals surface area contributed by atoms with Crippen LogP contribution in [-0.2, 0) is 50.0 Å². The molecule has 0 atom stereocenters. The van der Waals surface area contributed by atoms with Gasteiger partial charge in [-0.05, 0) is 84.4 Å². The van der Waals surface area contributed by atoms with E-state index in [2.05, 4.69) is 33.3 Å². The summed E-state index contributed by atoms with van der Waals surface area (Å²) in [6, 6.07) is 7.74. The highest BCUT2D eigenvalue weighted by Crippen LogP contribution is 2.38. The first-order valence-corrected chi connectivity index (χ1v) is 13.7. The van der Waals surface area contributed by atoms with Crippen LogP contribution in [0.4, 0.5) is 10.5 Å². The number of urea groups is 1. The van der Waals surface area contributed by atoms with Crippen LogP contribution in [0.2, 0.25) is 0 Å². The van der Waals surface area contributed by atoms with Crippen molar-refractivity contribution < 1.29 is 32.3 Å². The average molecular weight is 559 g/mol. The number of nitrogens with one attached hydrogen (secondary N) is 2. The Labute approximate surface area is 232 Å². The number of carbonyl (C=O) groups excluding carboxylic acids is 3. The highest BCUT2D eigenvalue weighted by molar-refractivity contribution is 7.90. The summed E-state index contributed by atoms with van der Waals surface area (Å²) in [7, 11) is -1.26. The molecule has 0 saturated carbocycles. The van der Waals surface area contributed by atoms with Crippen molar-refractivity contribution in [1.82, 2.24) is 4.72 Å². The number of methoxy groups -OCH3 is 2. The van der Waals surface area contributed by atoms with Gasteiger partial charge in [0.25, 0.3) is 10.0 Å². The summed E-state index contributed by atoms with van der Waals surface area (Å²) >= 11 is 0. The molecule has 0 heterocycles. The molecule has 40 heavy (non-hydrogen) atoms. The molecule has 0 spiro atoms. The van der Waals surface area contributed by atoms with E-state index < -0.39 is 16.1 Å². The molecule has 2 aromatic carbocycles. The first-order chi connectivity index (χ1) is 19.3. The molecule has 2 amide bonds. The number of aryl methyl sites for hydroxylation is 2. The summed E-state index contributed by atoms with van der Waals surface area (Å²) < 4.78 is 37.2. The summed E-state index contributed by atoms with van der Waals surface area (Å²) in [6.07, 6.45) is 7.26. The van der Waals surface area contributed by atoms with Crippen LogP contribution >= 0.6 is 0 Å². The number of hydrogen-bond acceptors (Lipinski definition) is 7. The summed E-state index contributed by atoms with van der Waals surface area (Å²) in [5.74, 6) is 3.16. The molecule has 9 nitrogen and oxygen atoms in total. The molecular weight excluding hydrogens is 532 g/mol. The molecule has 0 aliphatic heterocycles. The Bertz CT molecular complexity index is 1670. The van der Waals surface area contributed by atoms with Gasteiger partial charge in [0.1, 0.15) is 10.6 Å². The minimum absolute atomic E-state index is 0.0637. The zero-order valence-corrected chi connectivity index (χ0v) is 22.8. The SMILES string of the molecule is COC(=C=C=C=C=O)C=C=C=C=O.COc1ccccc1S(=O)(=O)NC(=O)Nc1c2c(cc3c1CCC3)CCC2. The van der Waals surface area contributed by atoms with Gasteiger partial charge in [-0.2, -0.15) is 0 Å². The largest absolute Gasteiger partial charge is 0.495 e. The molecule has 0 fully saturated rings. The number of fused-ring (bicyclic) bond motifs is 2. The Morgan fingerprint density at radius 1 is 0.925 bits per heavy atom. The Hall–Kier alpha value is -4.94. The standard InChI is InChI=1S/C20H22N2O4S.C10H4O3/c1-26-17-10-2-3-11-18(17)27(24,25)22-20(23)21-19-15-8-4-6-13(15)12-14-7-5-9-16(14)19;1-13-10(6-2-4-8-11)7-3-5-9-12/h2-3,10-12H,4-9H2,1H3,(H2,21,22,23);6H,1H3. The van der Waals surface area contributed by atoms with Crippen LogP contribution in [-0.4, -0.2) is 40.6 Å². The predicted octanol–water partition coefficient (Wildman–Crippen LogP) is 3.69. The fourth-order valence-electron chi connectivity index (χ4n) is 4.52. The van der Waals surface area contributed by atoms with Gasteiger partial charge >= 0.3 is 6.03 Å². The Morgan fingerprint density at radius 3 is 2.17 bits per heavy atom. The summed E-state index contributed by atoms with van der Waals surface area (Å²) in [6.45, 7) is 0. The highest BCUT2D eigenvalue weighted by Gasteiger charge is 2.27. The van der Waals surface area contributed by atoms with Gasteiger partial charge in [-0.25, -0.2) is 27.5 Å². The quantitative estimate of drug-likeness (QED) is 0.240. The van der Waals surface area contributed by atoms with Gasteiger partial charge in [0.15, 0.2) is 17.6 Å². The van der Waals surface area contributed by atoms with Gasteiger partial charge < -0.3 is 14.8 Å². The van der Waals surface area contributed by atoms with Crippen LogP contribution in [0, 0.1) is 0 Å². The first-order valence-electron chi connectivity index (χ1n) is 12.2. The van der Waals surface area contributed by atoms with Crippen molar-refractivity contribution in [2.75, 3.05) is 19.5 Å². The average Bonchev–Trinajstić information content (AvgIpc) is 3.62. The third-order valence-electron chi connectivity index (χ3n) is 6.14. The normalized spacial score (nSPS) is 11.9. The van der Waals surface area contributed by atoms with Crippen molar-refractivity contribution in [2.24, 2.45) is 0 Å². The van der Waals surface area contributed by atoms with Gasteiger partial charge in [0.2, 0.25) is 0 Å². The number of rotatable bonds is 6. The highest BCUT2D eigenvalue weighted by atomic mass is 32.2. The van der Waals surface area contributed by atoms with Crippen LogP contribution in [0.5, 0.6) is 5.75 Å². The molecule has 2 aromatic rings. The molecule has 0 aromatic heterocycles. The minimum Gasteiger partial charge on any atom is -0.495 e. The zero-order valence-electron chi connectivity index (χ0n) is 22.0. The van der Waals surface area contributed by atoms with E-state index in [1.807, 2.05) is 11.5 Å². The van der Waals surface area contributed by atoms with Crippen molar-refractivity contribution in [3.63, 3.8) is 0 Å². The van der Waals surface area contributed by atoms with Crippen LogP contribution in [0.25, 0.3) is 0 Å². The Morgan fingerprint density at radius 2 is 1.57 bits per heavy atom. The van der Waals surface area contributed by atoms with E-state index in [1.54, 1.807) is 18.2 Å². The second-order valence-electron chi connectivity index (χ2n) is 8.51. The number of sulfonamides is 1. The van der Waals surface area contributed by atoms with E-state index in [-0.39, 0.29) is 16.4 Å². The van der Waals surface area contributed by atoms with E-state index >= 15 is 0 Å². The number of ether oxygens (including phenoxy) is 2. The minimum atomic E-state index is -4.04. The molecule has 4 rings (SSSR count). The molecule has 10 heteroatoms. The zero-order chi connectivity index (χ0) is 29.0. The lowest BCUT2D eigenvalue weighted by Gasteiger charge is -2.17. The molecule has 2 aliphatic rings. The summed E-state index contributed by atoms with van der Waals surface area (Å²) in [5, 5.41) is 2.84. The monoisotopic (exact) mass is 558 g/mol. The Balaban J connectivity index is 0.000000289. The number of para-hydroxylation sites is 1. The first kappa shape index (κ1) is 29.6. The molecule has 204 valence electrons. The third-order valence-corrected chi connectivity index (χ3v) is 7.51. The molecule has 2 N–H and O–H groups in total. The lowest BCUT2D eigenvalue weighted by atomic mass is 9.99. The van der Waals surface area contributed by atoms with E-state index in [0.717, 1.165) is 55.3 Å². The van der Waals surface area contributed by atoms with Crippen LogP contribution in [0.1, 0.15) is 35.1 Å². The molecule has 0 bridgehead atoms. The predicted molar refractivity (Wildman–Crippen MR) is 147 cm³/mol. The molecule has 0 radical (unpaired) electrons. The number of amides is 2. The Kier molecular flexibility index (Phi) is 10.6. The number of allylic oxidation sites excluding steroid dienone is 1. The lowest BCUT2D eigenvalue weighted by Crippen LogP contribution is -2.35. The van der Waals surface area contributed by atoms with Crippen molar-refractivity contribution in [3.8, 4) is 5.75 Å². The van der Waals surface area contributed by atoms with E-state index in [0.29, 0.717) is 0 Å². The number of benzene rings is 2. The van der Waals surface area contributed by atoms with E-state index in [1.165, 1.54) is 49.4 Å². The maximum atomic E-state index is 12.6. The molecule has 0 saturated heterocycles. The number of anilines is 1. The fourth-order valence-corrected chi connectivity index (χ4v) is 5.60. The maximum absolute atomic E-state index is 12.6. The lowest BCUT2D eigenvalue weighted by molar-refractivity contribution is 0.256. The van der Waals surface area contributed by atoms with Gasteiger partial charge in [-0.15, -0.1) is 0 Å². The van der Waals surface area contributed by atoms with Crippen LogP contribution in [0.3, 0.4) is 0 Å². The molecule has 0 unspecified atom stereocenters. The summed E-state index contributed by atoms with van der Waals surface area (Å²) in [4.78, 5) is 31.8. The number of hydrogen-bond donors (Lipinski definition) is 2. The van der Waals surface area contributed by atoms with Crippen molar-refractivity contribution in [1.29, 1.82) is 0 Å². The fraction of sp³-hybridized carbons (Fsp3) is 0.267. The summed E-state index contributed by atoms with van der Waals surface area (Å²) in [5.41, 5.74) is 16.7. The molecular formula is C30H26N2O7S. The van der Waals surface area contributed by atoms with Crippen molar-refractivity contribution >= 4 is 33.6 Å². The smallest absolute Gasteiger partial charge is 0.333 e. The molecule has 2 aliphatic carbocycles. The number of carbonyl (C=O) groups is 1. The second kappa shape index (κ2) is 14.3. The second-order valence-corrected chi connectivity index (χ2v) is 10.2. The van der Waals surface area contributed by atoms with Gasteiger partial charge in [-0.3, -0.25) is 0 Å². The maximum Gasteiger partial charge on any atom is 0.333 e. The van der Waals surface area contributed by atoms with Gasteiger partial charge in [0.05, 0.1) is 14.2 Å². The van der Waals surface area contributed by atoms with Crippen LogP contribution < -0.4 is 14.8 Å². The van der Waals surface area contributed by atoms with E-state index in [4.69, 9.17) is 9.47 Å². The van der Waals surface area contributed by atoms with Crippen molar-refractivity contribution in [2.45, 2.75) is 43.4 Å². The van der Waals surface area contributed by atoms with Gasteiger partial charge in [-0.1, -0.05) is 23.9 Å². The van der Waals surface area contributed by atoms with E-state index in [9.17, 15) is 22.8 Å². The third kappa shape index (κ3) is 7.56. The topological polar surface area (TPSA) is 128 Å².